The van der Waals surface area contributed by atoms with Crippen LogP contribution in [0.25, 0.3) is 0 Å². The second-order valence-corrected chi connectivity index (χ2v) is 7.70. The topological polar surface area (TPSA) is 49.4 Å². The molecule has 26 heavy (non-hydrogen) atoms. The molecule has 0 saturated carbocycles. The van der Waals surface area contributed by atoms with Crippen LogP contribution >= 0.6 is 15.9 Å². The molecular weight excluding hydrogens is 392 g/mol. The highest BCUT2D eigenvalue weighted by atomic mass is 79.9. The monoisotopic (exact) mass is 416 g/mol. The first-order valence-electron chi connectivity index (χ1n) is 8.65. The Morgan fingerprint density at radius 3 is 2.42 bits per heavy atom. The van der Waals surface area contributed by atoms with Gasteiger partial charge in [0.1, 0.15) is 6.04 Å². The van der Waals surface area contributed by atoms with Crippen molar-refractivity contribution in [1.82, 2.24) is 10.2 Å². The van der Waals surface area contributed by atoms with E-state index < -0.39 is 6.04 Å². The summed E-state index contributed by atoms with van der Waals surface area (Å²) in [7, 11) is 1.76. The molecule has 138 valence electrons. The van der Waals surface area contributed by atoms with Gasteiger partial charge in [-0.1, -0.05) is 65.7 Å². The zero-order valence-corrected chi connectivity index (χ0v) is 17.2. The van der Waals surface area contributed by atoms with Crippen LogP contribution in [-0.2, 0) is 11.3 Å². The summed E-state index contributed by atoms with van der Waals surface area (Å²) in [6.45, 7) is 6.29. The molecule has 0 aromatic heterocycles. The lowest BCUT2D eigenvalue weighted by Crippen LogP contribution is -2.50. The molecular formula is C21H25BrN2O2. The molecule has 2 aromatic carbocycles. The molecule has 0 radical (unpaired) electrons. The molecule has 1 N–H and O–H groups in total. The Hall–Kier alpha value is -2.14. The Kier molecular flexibility index (Phi) is 6.98. The van der Waals surface area contributed by atoms with Crippen LogP contribution in [0.5, 0.6) is 0 Å². The molecule has 4 nitrogen and oxygen atoms in total. The predicted octanol–water partition coefficient (Wildman–Crippen LogP) is 4.17. The number of carbonyl (C=O) groups excluding carboxylic acids is 2. The van der Waals surface area contributed by atoms with E-state index in [0.717, 1.165) is 15.6 Å². The van der Waals surface area contributed by atoms with Crippen molar-refractivity contribution in [2.75, 3.05) is 7.05 Å². The van der Waals surface area contributed by atoms with Gasteiger partial charge in [-0.25, -0.2) is 0 Å². The SMILES string of the molecule is Cc1cccc(C(=O)NC(C(=O)N(C)Cc2ccccc2Br)C(C)C)c1. The molecule has 0 saturated heterocycles. The van der Waals surface area contributed by atoms with Crippen LogP contribution in [-0.4, -0.2) is 29.8 Å². The summed E-state index contributed by atoms with van der Waals surface area (Å²) >= 11 is 3.51. The summed E-state index contributed by atoms with van der Waals surface area (Å²) in [4.78, 5) is 27.1. The van der Waals surface area contributed by atoms with Crippen molar-refractivity contribution < 1.29 is 9.59 Å². The molecule has 0 aliphatic heterocycles. The lowest BCUT2D eigenvalue weighted by Gasteiger charge is -2.27. The molecule has 0 aliphatic carbocycles. The minimum Gasteiger partial charge on any atom is -0.340 e. The minimum atomic E-state index is -0.574. The van der Waals surface area contributed by atoms with Crippen LogP contribution in [0.3, 0.4) is 0 Å². The normalized spacial score (nSPS) is 11.9. The Morgan fingerprint density at radius 1 is 1.12 bits per heavy atom. The Labute approximate surface area is 163 Å². The first kappa shape index (κ1) is 20.2. The number of hydrogen-bond acceptors (Lipinski definition) is 2. The fourth-order valence-corrected chi connectivity index (χ4v) is 3.13. The second kappa shape index (κ2) is 8.99. The number of amides is 2. The van der Waals surface area contributed by atoms with E-state index in [9.17, 15) is 9.59 Å². The standard InChI is InChI=1S/C21H25BrN2O2/c1-14(2)19(23-20(25)16-10-7-8-15(3)12-16)21(26)24(4)13-17-9-5-6-11-18(17)22/h5-12,14,19H,13H2,1-4H3,(H,23,25). The van der Waals surface area contributed by atoms with Crippen LogP contribution in [0.4, 0.5) is 0 Å². The number of nitrogens with one attached hydrogen (secondary N) is 1. The van der Waals surface area contributed by atoms with Crippen LogP contribution in [0, 0.1) is 12.8 Å². The van der Waals surface area contributed by atoms with Gasteiger partial charge in [0.2, 0.25) is 5.91 Å². The van der Waals surface area contributed by atoms with Crippen LogP contribution in [0.15, 0.2) is 53.0 Å². The van der Waals surface area contributed by atoms with E-state index in [0.29, 0.717) is 12.1 Å². The smallest absolute Gasteiger partial charge is 0.251 e. The minimum absolute atomic E-state index is 0.0158. The molecule has 2 amide bonds. The highest BCUT2D eigenvalue weighted by molar-refractivity contribution is 9.10. The zero-order valence-electron chi connectivity index (χ0n) is 15.6. The molecule has 1 atom stereocenters. The van der Waals surface area contributed by atoms with Crippen molar-refractivity contribution in [1.29, 1.82) is 0 Å². The summed E-state index contributed by atoms with van der Waals surface area (Å²) in [5.74, 6) is -0.343. The third-order valence-electron chi connectivity index (χ3n) is 4.24. The molecule has 2 aromatic rings. The maximum atomic E-state index is 12.9. The summed E-state index contributed by atoms with van der Waals surface area (Å²) in [6, 6.07) is 14.6. The molecule has 0 fully saturated rings. The van der Waals surface area contributed by atoms with Crippen molar-refractivity contribution in [3.05, 3.63) is 69.7 Å². The van der Waals surface area contributed by atoms with E-state index in [1.165, 1.54) is 0 Å². The second-order valence-electron chi connectivity index (χ2n) is 6.85. The van der Waals surface area contributed by atoms with Gasteiger partial charge in [0.25, 0.3) is 5.91 Å². The average molecular weight is 417 g/mol. The van der Waals surface area contributed by atoms with E-state index in [-0.39, 0.29) is 17.7 Å². The molecule has 5 heteroatoms. The third-order valence-corrected chi connectivity index (χ3v) is 5.01. The Morgan fingerprint density at radius 2 is 1.81 bits per heavy atom. The first-order valence-corrected chi connectivity index (χ1v) is 9.44. The number of nitrogens with zero attached hydrogens (tertiary/aromatic N) is 1. The van der Waals surface area contributed by atoms with Crippen molar-refractivity contribution >= 4 is 27.7 Å². The third kappa shape index (κ3) is 5.18. The Balaban J connectivity index is 2.11. The van der Waals surface area contributed by atoms with Gasteiger partial charge < -0.3 is 10.2 Å². The molecule has 1 unspecified atom stereocenters. The maximum absolute atomic E-state index is 12.9. The number of likely N-dealkylation sites (N-methyl/N-ethyl adjacent to an activating group) is 1. The molecule has 0 heterocycles. The van der Waals surface area contributed by atoms with Crippen molar-refractivity contribution in [3.8, 4) is 0 Å². The van der Waals surface area contributed by atoms with Crippen molar-refractivity contribution in [3.63, 3.8) is 0 Å². The van der Waals surface area contributed by atoms with Gasteiger partial charge in [0.15, 0.2) is 0 Å². The quantitative estimate of drug-likeness (QED) is 0.767. The molecule has 2 rings (SSSR count). The fourth-order valence-electron chi connectivity index (χ4n) is 2.72. The van der Waals surface area contributed by atoms with E-state index >= 15 is 0 Å². The maximum Gasteiger partial charge on any atom is 0.251 e. The van der Waals surface area contributed by atoms with Crippen LogP contribution in [0.2, 0.25) is 0 Å². The molecule has 0 spiro atoms. The number of rotatable bonds is 6. The van der Waals surface area contributed by atoms with Gasteiger partial charge in [-0.3, -0.25) is 9.59 Å². The number of halogens is 1. The van der Waals surface area contributed by atoms with Crippen molar-refractivity contribution in [2.45, 2.75) is 33.4 Å². The molecule has 0 aliphatic rings. The molecule has 0 bridgehead atoms. The summed E-state index contributed by atoms with van der Waals surface area (Å²) in [6.07, 6.45) is 0. The highest BCUT2D eigenvalue weighted by Crippen LogP contribution is 2.18. The number of carbonyl (C=O) groups is 2. The predicted molar refractivity (Wildman–Crippen MR) is 108 cm³/mol. The number of hydrogen-bond donors (Lipinski definition) is 1. The van der Waals surface area contributed by atoms with Crippen LogP contribution in [0.1, 0.15) is 35.3 Å². The number of benzene rings is 2. The largest absolute Gasteiger partial charge is 0.340 e. The van der Waals surface area contributed by atoms with E-state index in [1.54, 1.807) is 18.0 Å². The van der Waals surface area contributed by atoms with Crippen molar-refractivity contribution in [2.24, 2.45) is 5.92 Å². The van der Waals surface area contributed by atoms with E-state index in [2.05, 4.69) is 21.2 Å². The highest BCUT2D eigenvalue weighted by Gasteiger charge is 2.27. The summed E-state index contributed by atoms with van der Waals surface area (Å²) in [5.41, 5.74) is 2.60. The van der Waals surface area contributed by atoms with Gasteiger partial charge in [-0.15, -0.1) is 0 Å². The van der Waals surface area contributed by atoms with Gasteiger partial charge in [-0.2, -0.15) is 0 Å². The first-order chi connectivity index (χ1) is 12.3. The van der Waals surface area contributed by atoms with E-state index in [1.807, 2.05) is 63.2 Å². The Bertz CT molecular complexity index is 789. The zero-order chi connectivity index (χ0) is 19.3. The number of aryl methyl sites for hydroxylation is 1. The van der Waals surface area contributed by atoms with Gasteiger partial charge >= 0.3 is 0 Å². The fraction of sp³-hybridized carbons (Fsp3) is 0.333. The lowest BCUT2D eigenvalue weighted by molar-refractivity contribution is -0.133. The summed E-state index contributed by atoms with van der Waals surface area (Å²) < 4.78 is 0.963. The van der Waals surface area contributed by atoms with Gasteiger partial charge in [0, 0.05) is 23.6 Å². The van der Waals surface area contributed by atoms with Gasteiger partial charge in [-0.05, 0) is 36.6 Å². The van der Waals surface area contributed by atoms with E-state index in [4.69, 9.17) is 0 Å². The van der Waals surface area contributed by atoms with Crippen LogP contribution < -0.4 is 5.32 Å². The lowest BCUT2D eigenvalue weighted by atomic mass is 10.0. The average Bonchev–Trinajstić information content (AvgIpc) is 2.60. The summed E-state index contributed by atoms with van der Waals surface area (Å²) in [5, 5.41) is 2.90. The van der Waals surface area contributed by atoms with Gasteiger partial charge in [0.05, 0.1) is 0 Å².